The number of aromatic nitrogens is 2. The van der Waals surface area contributed by atoms with Gasteiger partial charge in [-0.05, 0) is 43.7 Å². The van der Waals surface area contributed by atoms with Gasteiger partial charge in [0, 0.05) is 23.7 Å². The van der Waals surface area contributed by atoms with Crippen molar-refractivity contribution in [2.45, 2.75) is 13.8 Å². The lowest BCUT2D eigenvalue weighted by Gasteiger charge is -2.09. The fourth-order valence-electron chi connectivity index (χ4n) is 2.45. The van der Waals surface area contributed by atoms with Crippen LogP contribution in [-0.2, 0) is 0 Å². The van der Waals surface area contributed by atoms with E-state index >= 15 is 0 Å². The van der Waals surface area contributed by atoms with Crippen LogP contribution in [0.1, 0.15) is 30.8 Å². The Morgan fingerprint density at radius 1 is 0.708 bits per heavy atom. The van der Waals surface area contributed by atoms with Gasteiger partial charge in [-0.2, -0.15) is 0 Å². The zero-order chi connectivity index (χ0) is 16.8. The van der Waals surface area contributed by atoms with Gasteiger partial charge in [-0.3, -0.25) is 15.0 Å². The highest BCUT2D eigenvalue weighted by atomic mass is 14.8. The summed E-state index contributed by atoms with van der Waals surface area (Å²) in [5.74, 6) is 0. The van der Waals surface area contributed by atoms with E-state index in [9.17, 15) is 0 Å². The molecule has 0 bridgehead atoms. The van der Waals surface area contributed by atoms with Gasteiger partial charge in [-0.25, -0.2) is 0 Å². The number of rotatable bonds is 4. The molecule has 0 aliphatic carbocycles. The van der Waals surface area contributed by atoms with Crippen LogP contribution in [-0.4, -0.2) is 15.7 Å². The van der Waals surface area contributed by atoms with Crippen LogP contribution < -0.4 is 0 Å². The first kappa shape index (κ1) is 15.8. The van der Waals surface area contributed by atoms with Crippen molar-refractivity contribution in [3.63, 3.8) is 0 Å². The molecule has 3 rings (SSSR count). The lowest BCUT2D eigenvalue weighted by Crippen LogP contribution is -1.98. The second-order valence-corrected chi connectivity index (χ2v) is 5.47. The van der Waals surface area contributed by atoms with E-state index in [-0.39, 0.29) is 0 Å². The second-order valence-electron chi connectivity index (χ2n) is 5.47. The minimum atomic E-state index is 0.843. The van der Waals surface area contributed by atoms with Gasteiger partial charge in [0.1, 0.15) is 0 Å². The van der Waals surface area contributed by atoms with Crippen LogP contribution in [0.3, 0.4) is 0 Å². The van der Waals surface area contributed by atoms with Gasteiger partial charge in [0.2, 0.25) is 0 Å². The zero-order valence-electron chi connectivity index (χ0n) is 13.8. The van der Waals surface area contributed by atoms with Crippen molar-refractivity contribution in [2.75, 3.05) is 0 Å². The summed E-state index contributed by atoms with van der Waals surface area (Å²) in [6.07, 6.45) is 3.58. The monoisotopic (exact) mass is 313 g/mol. The predicted octanol–water partition coefficient (Wildman–Crippen LogP) is 4.87. The van der Waals surface area contributed by atoms with Crippen LogP contribution >= 0.6 is 0 Å². The summed E-state index contributed by atoms with van der Waals surface area (Å²) in [4.78, 5) is 13.8. The summed E-state index contributed by atoms with van der Waals surface area (Å²) >= 11 is 0. The maximum absolute atomic E-state index is 4.89. The quantitative estimate of drug-likeness (QED) is 0.644. The third kappa shape index (κ3) is 3.63. The smallest absolute Gasteiger partial charge is 0.0940 e. The van der Waals surface area contributed by atoms with Crippen molar-refractivity contribution in [3.05, 3.63) is 96.1 Å². The molecule has 3 nitrogen and oxygen atoms in total. The summed E-state index contributed by atoms with van der Waals surface area (Å²) < 4.78 is 0. The van der Waals surface area contributed by atoms with Gasteiger partial charge in [-0.15, -0.1) is 0 Å². The van der Waals surface area contributed by atoms with E-state index in [2.05, 4.69) is 22.1 Å². The first-order valence-corrected chi connectivity index (χ1v) is 7.90. The van der Waals surface area contributed by atoms with Crippen molar-refractivity contribution in [2.24, 2.45) is 4.99 Å². The van der Waals surface area contributed by atoms with Crippen LogP contribution in [0.4, 0.5) is 0 Å². The average molecular weight is 313 g/mol. The molecule has 0 N–H and O–H groups in total. The molecule has 1 aromatic carbocycles. The molecule has 0 radical (unpaired) electrons. The number of hydrogen-bond acceptors (Lipinski definition) is 3. The molecule has 0 aliphatic rings. The Labute approximate surface area is 142 Å². The second kappa shape index (κ2) is 7.47. The molecule has 0 spiro atoms. The van der Waals surface area contributed by atoms with Crippen LogP contribution in [0.15, 0.2) is 84.1 Å². The summed E-state index contributed by atoms with van der Waals surface area (Å²) in [6, 6.07) is 21.9. The molecular weight excluding hydrogens is 294 g/mol. The number of aliphatic imine (C=N–C) groups is 1. The Morgan fingerprint density at radius 3 is 1.88 bits per heavy atom. The maximum atomic E-state index is 4.89. The van der Waals surface area contributed by atoms with Gasteiger partial charge >= 0.3 is 0 Å². The van der Waals surface area contributed by atoms with Crippen molar-refractivity contribution >= 4 is 17.0 Å². The van der Waals surface area contributed by atoms with Gasteiger partial charge < -0.3 is 0 Å². The number of pyridine rings is 2. The highest BCUT2D eigenvalue weighted by molar-refractivity contribution is 6.04. The van der Waals surface area contributed by atoms with Crippen molar-refractivity contribution in [1.29, 1.82) is 0 Å². The Bertz CT molecular complexity index is 851. The molecule has 24 heavy (non-hydrogen) atoms. The average Bonchev–Trinajstić information content (AvgIpc) is 2.67. The molecule has 2 aromatic heterocycles. The zero-order valence-corrected chi connectivity index (χ0v) is 13.8. The Morgan fingerprint density at radius 2 is 1.29 bits per heavy atom. The van der Waals surface area contributed by atoms with Crippen LogP contribution in [0.25, 0.3) is 11.3 Å². The summed E-state index contributed by atoms with van der Waals surface area (Å²) in [5, 5.41) is 0. The molecule has 118 valence electrons. The first-order chi connectivity index (χ1) is 11.8. The van der Waals surface area contributed by atoms with Crippen LogP contribution in [0, 0.1) is 0 Å². The molecule has 3 heteroatoms. The van der Waals surface area contributed by atoms with E-state index in [0.29, 0.717) is 0 Å². The van der Waals surface area contributed by atoms with Crippen molar-refractivity contribution < 1.29 is 0 Å². The lowest BCUT2D eigenvalue weighted by molar-refractivity contribution is 1.23. The molecule has 2 heterocycles. The Hall–Kier alpha value is -3.07. The van der Waals surface area contributed by atoms with Crippen LogP contribution in [0.5, 0.6) is 0 Å². The number of hydrogen-bond donors (Lipinski definition) is 0. The molecule has 0 amide bonds. The Kier molecular flexibility index (Phi) is 4.92. The van der Waals surface area contributed by atoms with E-state index in [1.165, 1.54) is 0 Å². The summed E-state index contributed by atoms with van der Waals surface area (Å²) in [5.41, 5.74) is 5.64. The Balaban J connectivity index is 2.14. The predicted molar refractivity (Wildman–Crippen MR) is 99.6 cm³/mol. The maximum Gasteiger partial charge on any atom is 0.0940 e. The molecule has 0 atom stereocenters. The van der Waals surface area contributed by atoms with E-state index in [1.54, 1.807) is 12.4 Å². The molecule has 0 saturated carbocycles. The normalized spacial score (nSPS) is 12.7. The standard InChI is InChI=1S/C21H19N3/c1-16(19-12-6-8-14-22-19)21(20-13-7-9-15-23-20)24-17(2)18-10-4-3-5-11-18/h3-15H,1-2H3/b21-16+,24-17+. The minimum absolute atomic E-state index is 0.843. The molecule has 0 unspecified atom stereocenters. The molecular formula is C21H19N3. The third-order valence-corrected chi connectivity index (χ3v) is 3.78. The highest BCUT2D eigenvalue weighted by Gasteiger charge is 2.10. The summed E-state index contributed by atoms with van der Waals surface area (Å²) in [7, 11) is 0. The lowest BCUT2D eigenvalue weighted by atomic mass is 10.1. The highest BCUT2D eigenvalue weighted by Crippen LogP contribution is 2.25. The minimum Gasteiger partial charge on any atom is -0.257 e. The fourth-order valence-corrected chi connectivity index (χ4v) is 2.45. The molecule has 0 saturated heterocycles. The van der Waals surface area contributed by atoms with E-state index in [4.69, 9.17) is 4.99 Å². The number of nitrogens with zero attached hydrogens (tertiary/aromatic N) is 3. The van der Waals surface area contributed by atoms with Gasteiger partial charge in [-0.1, -0.05) is 42.5 Å². The van der Waals surface area contributed by atoms with Gasteiger partial charge in [0.15, 0.2) is 0 Å². The van der Waals surface area contributed by atoms with Gasteiger partial charge in [0.05, 0.1) is 17.1 Å². The molecule has 3 aromatic rings. The first-order valence-electron chi connectivity index (χ1n) is 7.90. The van der Waals surface area contributed by atoms with Crippen molar-refractivity contribution in [3.8, 4) is 0 Å². The molecule has 0 aliphatic heterocycles. The topological polar surface area (TPSA) is 38.1 Å². The van der Waals surface area contributed by atoms with Crippen LogP contribution in [0.2, 0.25) is 0 Å². The fraction of sp³-hybridized carbons (Fsp3) is 0.0952. The van der Waals surface area contributed by atoms with E-state index in [1.807, 2.05) is 68.4 Å². The van der Waals surface area contributed by atoms with Gasteiger partial charge in [0.25, 0.3) is 0 Å². The largest absolute Gasteiger partial charge is 0.257 e. The van der Waals surface area contributed by atoms with E-state index < -0.39 is 0 Å². The van der Waals surface area contributed by atoms with E-state index in [0.717, 1.165) is 33.9 Å². The van der Waals surface area contributed by atoms with Crippen molar-refractivity contribution in [1.82, 2.24) is 9.97 Å². The number of benzene rings is 1. The number of allylic oxidation sites excluding steroid dienone is 1. The summed E-state index contributed by atoms with van der Waals surface area (Å²) in [6.45, 7) is 4.05. The third-order valence-electron chi connectivity index (χ3n) is 3.78. The molecule has 0 fully saturated rings. The SMILES string of the molecule is C/C(=N\C(=C(/C)c1ccccn1)c1ccccn1)c1ccccc1.